The molecule has 0 atom stereocenters. The first-order chi connectivity index (χ1) is 11.9. The maximum atomic E-state index is 12.2. The van der Waals surface area contributed by atoms with E-state index >= 15 is 0 Å². The molecule has 0 aliphatic carbocycles. The zero-order valence-corrected chi connectivity index (χ0v) is 14.7. The van der Waals surface area contributed by atoms with E-state index in [0.29, 0.717) is 5.02 Å². The number of amides is 1. The van der Waals surface area contributed by atoms with Gasteiger partial charge in [-0.3, -0.25) is 4.79 Å². The summed E-state index contributed by atoms with van der Waals surface area (Å²) in [6, 6.07) is 5.47. The molecule has 3 N–H and O–H groups in total. The van der Waals surface area contributed by atoms with Crippen molar-refractivity contribution in [1.82, 2.24) is 5.43 Å². The molecule has 132 valence electrons. The first kappa shape index (κ1) is 18.7. The van der Waals surface area contributed by atoms with Gasteiger partial charge in [0.05, 0.1) is 25.5 Å². The number of aromatic hydroxyl groups is 2. The Morgan fingerprint density at radius 1 is 1.08 bits per heavy atom. The smallest absolute Gasteiger partial charge is 0.271 e. The van der Waals surface area contributed by atoms with Crippen LogP contribution in [0.25, 0.3) is 0 Å². The Morgan fingerprint density at radius 2 is 1.68 bits per heavy atom. The van der Waals surface area contributed by atoms with Crippen LogP contribution in [0.4, 0.5) is 0 Å². The SMILES string of the molecule is COc1cc(C(=O)NN=Cc2cc(Cl)cc(Cl)c2O)cc(OC)c1O. The van der Waals surface area contributed by atoms with Crippen LogP contribution in [0.3, 0.4) is 0 Å². The summed E-state index contributed by atoms with van der Waals surface area (Å²) in [5.74, 6) is -0.860. The molecule has 1 amide bonds. The van der Waals surface area contributed by atoms with Gasteiger partial charge in [-0.05, 0) is 24.3 Å². The van der Waals surface area contributed by atoms with Crippen LogP contribution >= 0.6 is 23.2 Å². The Labute approximate surface area is 153 Å². The molecule has 0 aliphatic rings. The fourth-order valence-corrected chi connectivity index (χ4v) is 2.44. The van der Waals surface area contributed by atoms with Crippen molar-refractivity contribution in [1.29, 1.82) is 0 Å². The van der Waals surface area contributed by atoms with E-state index in [2.05, 4.69) is 10.5 Å². The highest BCUT2D eigenvalue weighted by atomic mass is 35.5. The molecule has 0 saturated heterocycles. The van der Waals surface area contributed by atoms with Crippen LogP contribution in [0.5, 0.6) is 23.0 Å². The highest BCUT2D eigenvalue weighted by Gasteiger charge is 2.15. The van der Waals surface area contributed by atoms with Crippen LogP contribution in [-0.4, -0.2) is 36.6 Å². The number of methoxy groups -OCH3 is 2. The zero-order chi connectivity index (χ0) is 18.6. The largest absolute Gasteiger partial charge is 0.506 e. The number of carbonyl (C=O) groups is 1. The van der Waals surface area contributed by atoms with Gasteiger partial charge in [0.25, 0.3) is 5.91 Å². The second kappa shape index (κ2) is 7.96. The van der Waals surface area contributed by atoms with Crippen molar-refractivity contribution < 1.29 is 24.5 Å². The van der Waals surface area contributed by atoms with Gasteiger partial charge in [-0.1, -0.05) is 23.2 Å². The molecular weight excluding hydrogens is 371 g/mol. The van der Waals surface area contributed by atoms with Gasteiger partial charge in [-0.25, -0.2) is 5.43 Å². The predicted octanol–water partition coefficient (Wildman–Crippen LogP) is 3.19. The van der Waals surface area contributed by atoms with Gasteiger partial charge < -0.3 is 19.7 Å². The highest BCUT2D eigenvalue weighted by Crippen LogP contribution is 2.37. The summed E-state index contributed by atoms with van der Waals surface area (Å²) in [6.07, 6.45) is 1.19. The summed E-state index contributed by atoms with van der Waals surface area (Å²) >= 11 is 11.6. The average Bonchev–Trinajstić information content (AvgIpc) is 2.59. The molecule has 0 heterocycles. The number of halogens is 2. The third-order valence-electron chi connectivity index (χ3n) is 3.17. The molecule has 2 aromatic carbocycles. The summed E-state index contributed by atoms with van der Waals surface area (Å²) in [5, 5.41) is 23.8. The predicted molar refractivity (Wildman–Crippen MR) is 94.4 cm³/mol. The molecule has 9 heteroatoms. The third kappa shape index (κ3) is 4.26. The topological polar surface area (TPSA) is 100 Å². The molecule has 0 bridgehead atoms. The van der Waals surface area contributed by atoms with Crippen LogP contribution in [-0.2, 0) is 0 Å². The van der Waals surface area contributed by atoms with Gasteiger partial charge in [-0.15, -0.1) is 0 Å². The second-order valence-corrected chi connectivity index (χ2v) is 5.60. The summed E-state index contributed by atoms with van der Waals surface area (Å²) in [7, 11) is 2.69. The van der Waals surface area contributed by atoms with Crippen LogP contribution in [0, 0.1) is 0 Å². The summed E-state index contributed by atoms with van der Waals surface area (Å²) in [4.78, 5) is 12.2. The minimum absolute atomic E-state index is 0.0632. The number of hydrazone groups is 1. The summed E-state index contributed by atoms with van der Waals surface area (Å²) < 4.78 is 9.97. The lowest BCUT2D eigenvalue weighted by molar-refractivity contribution is 0.0954. The molecule has 2 aromatic rings. The number of nitrogens with zero attached hydrogens (tertiary/aromatic N) is 1. The van der Waals surface area contributed by atoms with E-state index in [0.717, 1.165) is 0 Å². The van der Waals surface area contributed by atoms with Crippen molar-refractivity contribution in [3.63, 3.8) is 0 Å². The number of carbonyl (C=O) groups excluding carboxylic acids is 1. The van der Waals surface area contributed by atoms with Crippen molar-refractivity contribution in [2.24, 2.45) is 5.10 Å². The Bertz CT molecular complexity index is 815. The fraction of sp³-hybridized carbons (Fsp3) is 0.125. The molecule has 0 spiro atoms. The van der Waals surface area contributed by atoms with Crippen molar-refractivity contribution in [3.05, 3.63) is 45.4 Å². The number of rotatable bonds is 5. The van der Waals surface area contributed by atoms with E-state index in [-0.39, 0.29) is 39.1 Å². The molecule has 2 rings (SSSR count). The third-order valence-corrected chi connectivity index (χ3v) is 3.68. The Balaban J connectivity index is 2.21. The van der Waals surface area contributed by atoms with Gasteiger partial charge in [0.15, 0.2) is 11.5 Å². The fourth-order valence-electron chi connectivity index (χ4n) is 1.93. The minimum Gasteiger partial charge on any atom is -0.506 e. The summed E-state index contributed by atoms with van der Waals surface area (Å²) in [6.45, 7) is 0. The van der Waals surface area contributed by atoms with Gasteiger partial charge in [0, 0.05) is 16.1 Å². The number of nitrogens with one attached hydrogen (secondary N) is 1. The van der Waals surface area contributed by atoms with Crippen molar-refractivity contribution in [2.75, 3.05) is 14.2 Å². The minimum atomic E-state index is -0.583. The molecule has 25 heavy (non-hydrogen) atoms. The van der Waals surface area contributed by atoms with E-state index in [4.69, 9.17) is 32.7 Å². The molecule has 0 aromatic heterocycles. The van der Waals surface area contributed by atoms with Crippen LogP contribution in [0.1, 0.15) is 15.9 Å². The molecule has 0 saturated carbocycles. The van der Waals surface area contributed by atoms with Crippen LogP contribution < -0.4 is 14.9 Å². The second-order valence-electron chi connectivity index (χ2n) is 4.75. The Hall–Kier alpha value is -2.64. The lowest BCUT2D eigenvalue weighted by Gasteiger charge is -2.10. The van der Waals surface area contributed by atoms with Gasteiger partial charge in [-0.2, -0.15) is 5.10 Å². The van der Waals surface area contributed by atoms with Gasteiger partial charge in [0.1, 0.15) is 5.75 Å². The number of phenolic OH excluding ortho intramolecular Hbond substituents is 2. The van der Waals surface area contributed by atoms with E-state index < -0.39 is 5.91 Å². The molecule has 7 nitrogen and oxygen atoms in total. The number of hydrogen-bond acceptors (Lipinski definition) is 6. The first-order valence-electron chi connectivity index (χ1n) is 6.83. The maximum absolute atomic E-state index is 12.2. The molecule has 0 aliphatic heterocycles. The number of hydrogen-bond donors (Lipinski definition) is 3. The van der Waals surface area contributed by atoms with Crippen molar-refractivity contribution in [3.8, 4) is 23.0 Å². The lowest BCUT2D eigenvalue weighted by Crippen LogP contribution is -2.17. The van der Waals surface area contributed by atoms with E-state index in [9.17, 15) is 15.0 Å². The van der Waals surface area contributed by atoms with E-state index in [1.54, 1.807) is 0 Å². The van der Waals surface area contributed by atoms with Gasteiger partial charge in [0.2, 0.25) is 5.75 Å². The molecule has 0 fully saturated rings. The Morgan fingerprint density at radius 3 is 2.24 bits per heavy atom. The zero-order valence-electron chi connectivity index (χ0n) is 13.2. The Kier molecular flexibility index (Phi) is 5.95. The van der Waals surface area contributed by atoms with Gasteiger partial charge >= 0.3 is 0 Å². The number of phenols is 2. The molecule has 0 radical (unpaired) electrons. The monoisotopic (exact) mass is 384 g/mol. The number of ether oxygens (including phenoxy) is 2. The quantitative estimate of drug-likeness (QED) is 0.542. The average molecular weight is 385 g/mol. The normalized spacial score (nSPS) is 10.7. The number of benzene rings is 2. The van der Waals surface area contributed by atoms with Crippen LogP contribution in [0.15, 0.2) is 29.4 Å². The van der Waals surface area contributed by atoms with E-state index in [1.807, 2.05) is 0 Å². The van der Waals surface area contributed by atoms with Crippen LogP contribution in [0.2, 0.25) is 10.0 Å². The highest BCUT2D eigenvalue weighted by molar-refractivity contribution is 6.36. The molecule has 0 unspecified atom stereocenters. The van der Waals surface area contributed by atoms with Crippen molar-refractivity contribution >= 4 is 35.3 Å². The standard InChI is InChI=1S/C16H14Cl2N2O5/c1-24-12-4-8(5-13(25-2)15(12)22)16(23)20-19-7-9-3-10(17)6-11(18)14(9)21/h3-7,21-22H,1-2H3,(H,20,23). The van der Waals surface area contributed by atoms with Crippen molar-refractivity contribution in [2.45, 2.75) is 0 Å². The first-order valence-corrected chi connectivity index (χ1v) is 7.59. The maximum Gasteiger partial charge on any atom is 0.271 e. The molecular formula is C16H14Cl2N2O5. The summed E-state index contributed by atoms with van der Waals surface area (Å²) in [5.41, 5.74) is 2.66. The lowest BCUT2D eigenvalue weighted by atomic mass is 10.1. The van der Waals surface area contributed by atoms with E-state index in [1.165, 1.54) is 44.7 Å².